The molecule has 0 aromatic heterocycles. The van der Waals surface area contributed by atoms with Gasteiger partial charge in [-0.2, -0.15) is 0 Å². The number of hydrogen-bond donors (Lipinski definition) is 2. The Balaban J connectivity index is 2.26. The highest BCUT2D eigenvalue weighted by molar-refractivity contribution is 7.90. The molecule has 2 aromatic rings. The lowest BCUT2D eigenvalue weighted by Crippen LogP contribution is -2.31. The van der Waals surface area contributed by atoms with Gasteiger partial charge in [-0.15, -0.1) is 0 Å². The quantitative estimate of drug-likeness (QED) is 0.871. The van der Waals surface area contributed by atoms with Gasteiger partial charge in [-0.25, -0.2) is 13.1 Å². The van der Waals surface area contributed by atoms with Crippen LogP contribution in [0.5, 0.6) is 0 Å². The molecule has 2 rings (SSSR count). The summed E-state index contributed by atoms with van der Waals surface area (Å²) in [5, 5.41) is 0. The minimum atomic E-state index is -3.87. The normalized spacial score (nSPS) is 11.1. The number of sulfonamides is 1. The molecule has 6 heteroatoms. The number of amides is 1. The molecule has 0 radical (unpaired) electrons. The molecule has 0 atom stereocenters. The van der Waals surface area contributed by atoms with Crippen LogP contribution in [0.25, 0.3) is 0 Å². The summed E-state index contributed by atoms with van der Waals surface area (Å²) in [6.07, 6.45) is 0.509. The van der Waals surface area contributed by atoms with Crippen LogP contribution in [0.15, 0.2) is 59.5 Å². The summed E-state index contributed by atoms with van der Waals surface area (Å²) in [7, 11) is -3.87. The fraction of sp³-hybridized carbons (Fsp3) is 0.133. The summed E-state index contributed by atoms with van der Waals surface area (Å²) in [6.45, 7) is 0.385. The third-order valence-corrected chi connectivity index (χ3v) is 4.30. The van der Waals surface area contributed by atoms with E-state index in [9.17, 15) is 13.2 Å². The first-order valence-electron chi connectivity index (χ1n) is 6.45. The van der Waals surface area contributed by atoms with Crippen molar-refractivity contribution in [1.82, 2.24) is 4.72 Å². The zero-order chi connectivity index (χ0) is 15.3. The fourth-order valence-corrected chi connectivity index (χ4v) is 2.94. The van der Waals surface area contributed by atoms with Gasteiger partial charge in [0.1, 0.15) is 0 Å². The molecule has 0 spiro atoms. The largest absolute Gasteiger partial charge is 0.330 e. The van der Waals surface area contributed by atoms with E-state index in [0.717, 1.165) is 5.56 Å². The lowest BCUT2D eigenvalue weighted by Gasteiger charge is -2.10. The Bertz CT molecular complexity index is 728. The third kappa shape index (κ3) is 3.68. The van der Waals surface area contributed by atoms with Gasteiger partial charge in [0, 0.05) is 5.56 Å². The molecule has 3 N–H and O–H groups in total. The minimum absolute atomic E-state index is 0.0506. The van der Waals surface area contributed by atoms with Crippen molar-refractivity contribution < 1.29 is 13.2 Å². The van der Waals surface area contributed by atoms with E-state index in [0.29, 0.717) is 18.5 Å². The maximum atomic E-state index is 12.2. The van der Waals surface area contributed by atoms with E-state index >= 15 is 0 Å². The molecule has 110 valence electrons. The van der Waals surface area contributed by atoms with Crippen LogP contribution in [0.2, 0.25) is 0 Å². The number of carbonyl (C=O) groups excluding carboxylic acids is 1. The van der Waals surface area contributed by atoms with Crippen LogP contribution in [-0.2, 0) is 16.4 Å². The molecule has 21 heavy (non-hydrogen) atoms. The van der Waals surface area contributed by atoms with Gasteiger partial charge in [-0.05, 0) is 36.7 Å². The smallest absolute Gasteiger partial charge is 0.265 e. The van der Waals surface area contributed by atoms with Gasteiger partial charge in [-0.1, -0.05) is 36.4 Å². The zero-order valence-corrected chi connectivity index (χ0v) is 12.1. The van der Waals surface area contributed by atoms with Gasteiger partial charge in [0.25, 0.3) is 15.9 Å². The predicted octanol–water partition coefficient (Wildman–Crippen LogP) is 1.31. The molecule has 0 saturated carbocycles. The van der Waals surface area contributed by atoms with Crippen molar-refractivity contribution in [1.29, 1.82) is 0 Å². The van der Waals surface area contributed by atoms with E-state index in [4.69, 9.17) is 5.73 Å². The summed E-state index contributed by atoms with van der Waals surface area (Å²) in [4.78, 5) is 12.2. The number of hydrogen-bond acceptors (Lipinski definition) is 4. The van der Waals surface area contributed by atoms with Crippen molar-refractivity contribution in [3.05, 3.63) is 65.7 Å². The number of rotatable bonds is 5. The maximum absolute atomic E-state index is 12.2. The number of nitrogens with two attached hydrogens (primary N) is 1. The first-order chi connectivity index (χ1) is 10.0. The summed E-state index contributed by atoms with van der Waals surface area (Å²) in [5.41, 5.74) is 6.54. The lowest BCUT2D eigenvalue weighted by molar-refractivity contribution is 0.0980. The van der Waals surface area contributed by atoms with E-state index in [1.807, 2.05) is 0 Å². The Morgan fingerprint density at radius 2 is 1.62 bits per heavy atom. The van der Waals surface area contributed by atoms with E-state index < -0.39 is 15.9 Å². The Morgan fingerprint density at radius 3 is 2.29 bits per heavy atom. The van der Waals surface area contributed by atoms with Crippen molar-refractivity contribution in [2.45, 2.75) is 11.3 Å². The van der Waals surface area contributed by atoms with E-state index in [1.165, 1.54) is 12.1 Å². The highest BCUT2D eigenvalue weighted by Crippen LogP contribution is 2.12. The van der Waals surface area contributed by atoms with E-state index in [2.05, 4.69) is 4.72 Å². The maximum Gasteiger partial charge on any atom is 0.265 e. The van der Waals surface area contributed by atoms with Crippen LogP contribution in [0, 0.1) is 0 Å². The SMILES string of the molecule is NCCc1ccccc1C(=O)NS(=O)(=O)c1ccccc1. The van der Waals surface area contributed by atoms with Crippen LogP contribution in [-0.4, -0.2) is 20.9 Å². The Labute approximate surface area is 123 Å². The molecular weight excluding hydrogens is 288 g/mol. The highest BCUT2D eigenvalue weighted by atomic mass is 32.2. The van der Waals surface area contributed by atoms with E-state index in [-0.39, 0.29) is 4.90 Å². The molecule has 2 aromatic carbocycles. The Kier molecular flexibility index (Phi) is 4.72. The second-order valence-electron chi connectivity index (χ2n) is 4.44. The van der Waals surface area contributed by atoms with Gasteiger partial charge < -0.3 is 5.73 Å². The van der Waals surface area contributed by atoms with Gasteiger partial charge in [0.05, 0.1) is 4.90 Å². The summed E-state index contributed by atoms with van der Waals surface area (Å²) in [5.74, 6) is -0.650. The van der Waals surface area contributed by atoms with Crippen LogP contribution in [0.4, 0.5) is 0 Å². The monoisotopic (exact) mass is 304 g/mol. The Morgan fingerprint density at radius 1 is 1.00 bits per heavy atom. The van der Waals surface area contributed by atoms with Gasteiger partial charge in [-0.3, -0.25) is 4.79 Å². The molecule has 0 saturated heterocycles. The Hall–Kier alpha value is -2.18. The minimum Gasteiger partial charge on any atom is -0.330 e. The van der Waals surface area contributed by atoms with Crippen LogP contribution < -0.4 is 10.5 Å². The summed E-state index contributed by atoms with van der Waals surface area (Å²) in [6, 6.07) is 14.6. The molecule has 0 aliphatic rings. The first kappa shape index (κ1) is 15.2. The molecular formula is C15H16N2O3S. The lowest BCUT2D eigenvalue weighted by atomic mass is 10.0. The molecule has 0 aliphatic heterocycles. The van der Waals surface area contributed by atoms with E-state index in [1.54, 1.807) is 42.5 Å². The molecule has 1 amide bonds. The summed E-state index contributed by atoms with van der Waals surface area (Å²) < 4.78 is 26.3. The second kappa shape index (κ2) is 6.51. The molecule has 5 nitrogen and oxygen atoms in total. The number of carbonyl (C=O) groups is 1. The van der Waals surface area contributed by atoms with Gasteiger partial charge in [0.2, 0.25) is 0 Å². The molecule has 0 bridgehead atoms. The average molecular weight is 304 g/mol. The zero-order valence-electron chi connectivity index (χ0n) is 11.3. The van der Waals surface area contributed by atoms with Crippen molar-refractivity contribution in [2.24, 2.45) is 5.73 Å². The third-order valence-electron chi connectivity index (χ3n) is 2.96. The molecule has 0 heterocycles. The van der Waals surface area contributed by atoms with Crippen molar-refractivity contribution in [3.8, 4) is 0 Å². The van der Waals surface area contributed by atoms with Crippen LogP contribution in [0.1, 0.15) is 15.9 Å². The van der Waals surface area contributed by atoms with Gasteiger partial charge in [0.15, 0.2) is 0 Å². The highest BCUT2D eigenvalue weighted by Gasteiger charge is 2.19. The first-order valence-corrected chi connectivity index (χ1v) is 7.93. The summed E-state index contributed by atoms with van der Waals surface area (Å²) >= 11 is 0. The molecule has 0 fully saturated rings. The van der Waals surface area contributed by atoms with Crippen LogP contribution in [0.3, 0.4) is 0 Å². The standard InChI is InChI=1S/C15H16N2O3S/c16-11-10-12-6-4-5-9-14(12)15(18)17-21(19,20)13-7-2-1-3-8-13/h1-9H,10-11,16H2,(H,17,18). The number of nitrogens with one attached hydrogen (secondary N) is 1. The van der Waals surface area contributed by atoms with Crippen LogP contribution >= 0.6 is 0 Å². The second-order valence-corrected chi connectivity index (χ2v) is 6.13. The molecule has 0 aliphatic carbocycles. The fourth-order valence-electron chi connectivity index (χ4n) is 1.95. The van der Waals surface area contributed by atoms with Crippen molar-refractivity contribution >= 4 is 15.9 Å². The van der Waals surface area contributed by atoms with Crippen molar-refractivity contribution in [3.63, 3.8) is 0 Å². The van der Waals surface area contributed by atoms with Crippen molar-refractivity contribution in [2.75, 3.05) is 6.54 Å². The predicted molar refractivity (Wildman–Crippen MR) is 80.3 cm³/mol. The number of benzene rings is 2. The molecule has 0 unspecified atom stereocenters. The topological polar surface area (TPSA) is 89.3 Å². The van der Waals surface area contributed by atoms with Gasteiger partial charge >= 0.3 is 0 Å². The average Bonchev–Trinajstić information content (AvgIpc) is 2.48.